The molecule has 1 N–H and O–H groups in total. The van der Waals surface area contributed by atoms with E-state index in [1.165, 1.54) is 24.2 Å². The molecule has 0 unspecified atom stereocenters. The van der Waals surface area contributed by atoms with E-state index in [0.717, 1.165) is 17.5 Å². The van der Waals surface area contributed by atoms with Crippen molar-refractivity contribution in [2.24, 2.45) is 5.92 Å². The van der Waals surface area contributed by atoms with Gasteiger partial charge in [0.05, 0.1) is 22.6 Å². The van der Waals surface area contributed by atoms with Gasteiger partial charge in [0.1, 0.15) is 6.07 Å². The van der Waals surface area contributed by atoms with Crippen LogP contribution >= 0.6 is 0 Å². The summed E-state index contributed by atoms with van der Waals surface area (Å²) < 4.78 is 28.3. The molecule has 1 aromatic heterocycles. The summed E-state index contributed by atoms with van der Waals surface area (Å²) in [5, 5.41) is 9.32. The van der Waals surface area contributed by atoms with E-state index in [2.05, 4.69) is 15.8 Å². The van der Waals surface area contributed by atoms with Crippen LogP contribution in [0.15, 0.2) is 30.5 Å². The molecule has 24 heavy (non-hydrogen) atoms. The molecule has 0 saturated heterocycles. The Morgan fingerprint density at radius 3 is 2.92 bits per heavy atom. The Bertz CT molecular complexity index is 975. The maximum Gasteiger partial charge on any atom is 0.323 e. The smallest absolute Gasteiger partial charge is 0.264 e. The summed E-state index contributed by atoms with van der Waals surface area (Å²) in [6.07, 6.45) is 4.83. The zero-order chi connectivity index (χ0) is 16.9. The van der Waals surface area contributed by atoms with E-state index in [1.54, 1.807) is 24.4 Å². The largest absolute Gasteiger partial charge is 0.323 e. The van der Waals surface area contributed by atoms with E-state index in [0.29, 0.717) is 28.6 Å². The highest BCUT2D eigenvalue weighted by atomic mass is 32.2. The summed E-state index contributed by atoms with van der Waals surface area (Å²) in [5.74, 6) is 0.610. The van der Waals surface area contributed by atoms with Crippen molar-refractivity contribution in [1.29, 1.82) is 5.26 Å². The summed E-state index contributed by atoms with van der Waals surface area (Å²) >= 11 is 0. The van der Waals surface area contributed by atoms with Crippen LogP contribution in [0.5, 0.6) is 0 Å². The SMILES string of the molecule is CN1c2cc(-c3ncccc3C#N)cc(CC3CC3)c2NS1(=O)=O. The van der Waals surface area contributed by atoms with Gasteiger partial charge >= 0.3 is 10.2 Å². The summed E-state index contributed by atoms with van der Waals surface area (Å²) in [6, 6.07) is 9.33. The summed E-state index contributed by atoms with van der Waals surface area (Å²) in [5.41, 5.74) is 4.06. The van der Waals surface area contributed by atoms with Crippen LogP contribution in [-0.4, -0.2) is 20.4 Å². The lowest BCUT2D eigenvalue weighted by Gasteiger charge is -2.13. The molecule has 0 atom stereocenters. The van der Waals surface area contributed by atoms with Crippen molar-refractivity contribution in [3.05, 3.63) is 41.6 Å². The fourth-order valence-corrected chi connectivity index (χ4v) is 4.07. The number of fused-ring (bicyclic) bond motifs is 1. The average molecular weight is 340 g/mol. The van der Waals surface area contributed by atoms with Gasteiger partial charge in [-0.3, -0.25) is 14.0 Å². The maximum absolute atomic E-state index is 12.2. The predicted octanol–water partition coefficient (Wildman–Crippen LogP) is 2.68. The number of rotatable bonds is 3. The monoisotopic (exact) mass is 340 g/mol. The van der Waals surface area contributed by atoms with E-state index in [9.17, 15) is 13.7 Å². The molecule has 2 heterocycles. The number of nitrogens with zero attached hydrogens (tertiary/aromatic N) is 3. The highest BCUT2D eigenvalue weighted by Crippen LogP contribution is 2.44. The van der Waals surface area contributed by atoms with Crippen molar-refractivity contribution < 1.29 is 8.42 Å². The van der Waals surface area contributed by atoms with Gasteiger partial charge in [-0.25, -0.2) is 0 Å². The van der Waals surface area contributed by atoms with Gasteiger partial charge in [-0.05, 0) is 55.0 Å². The molecule has 1 aliphatic heterocycles. The first-order valence-corrected chi connectivity index (χ1v) is 9.22. The van der Waals surface area contributed by atoms with Crippen LogP contribution in [0, 0.1) is 17.2 Å². The zero-order valence-corrected chi connectivity index (χ0v) is 14.0. The third-order valence-corrected chi connectivity index (χ3v) is 5.92. The fraction of sp³-hybridized carbons (Fsp3) is 0.294. The molecule has 0 spiro atoms. The van der Waals surface area contributed by atoms with Gasteiger partial charge < -0.3 is 0 Å². The lowest BCUT2D eigenvalue weighted by atomic mass is 9.98. The summed E-state index contributed by atoms with van der Waals surface area (Å²) in [4.78, 5) is 4.33. The molecular weight excluding hydrogens is 324 g/mol. The molecular formula is C17H16N4O2S. The van der Waals surface area contributed by atoms with Crippen LogP contribution in [0.25, 0.3) is 11.3 Å². The molecule has 2 aromatic rings. The molecule has 0 radical (unpaired) electrons. The van der Waals surface area contributed by atoms with Crippen molar-refractivity contribution in [3.63, 3.8) is 0 Å². The van der Waals surface area contributed by atoms with Gasteiger partial charge in [-0.1, -0.05) is 0 Å². The van der Waals surface area contributed by atoms with E-state index in [4.69, 9.17) is 0 Å². The van der Waals surface area contributed by atoms with Crippen LogP contribution in [-0.2, 0) is 16.6 Å². The Labute approximate surface area is 140 Å². The van der Waals surface area contributed by atoms with Gasteiger partial charge in [-0.15, -0.1) is 0 Å². The first-order valence-electron chi connectivity index (χ1n) is 7.78. The summed E-state index contributed by atoms with van der Waals surface area (Å²) in [7, 11) is -2.01. The molecule has 0 amide bonds. The number of hydrogen-bond acceptors (Lipinski definition) is 4. The van der Waals surface area contributed by atoms with Gasteiger partial charge in [0.2, 0.25) is 0 Å². The molecule has 7 heteroatoms. The quantitative estimate of drug-likeness (QED) is 0.931. The van der Waals surface area contributed by atoms with Crippen molar-refractivity contribution >= 4 is 21.6 Å². The number of hydrogen-bond donors (Lipinski definition) is 1. The molecule has 1 saturated carbocycles. The zero-order valence-electron chi connectivity index (χ0n) is 13.2. The number of pyridine rings is 1. The molecule has 2 aliphatic rings. The van der Waals surface area contributed by atoms with Crippen LogP contribution in [0.3, 0.4) is 0 Å². The topological polar surface area (TPSA) is 86.1 Å². The van der Waals surface area contributed by atoms with Crippen LogP contribution < -0.4 is 9.03 Å². The first-order chi connectivity index (χ1) is 11.5. The van der Waals surface area contributed by atoms with Crippen LogP contribution in [0.2, 0.25) is 0 Å². The van der Waals surface area contributed by atoms with Gasteiger partial charge in [0, 0.05) is 18.8 Å². The standard InChI is InChI=1S/C17H16N4O2S/c1-21-15-9-14(16-12(10-18)3-2-6-19-16)8-13(7-11-4-5-11)17(15)20-24(21,22)23/h2-3,6,8-9,11,20H,4-5,7H2,1H3. The third kappa shape index (κ3) is 2.39. The molecule has 1 aliphatic carbocycles. The lowest BCUT2D eigenvalue weighted by Crippen LogP contribution is -2.25. The van der Waals surface area contributed by atoms with Crippen LogP contribution in [0.1, 0.15) is 24.0 Å². The van der Waals surface area contributed by atoms with E-state index in [1.807, 2.05) is 6.07 Å². The third-order valence-electron chi connectivity index (χ3n) is 4.54. The summed E-state index contributed by atoms with van der Waals surface area (Å²) in [6.45, 7) is 0. The molecule has 4 rings (SSSR count). The fourth-order valence-electron chi connectivity index (χ4n) is 3.03. The number of benzene rings is 1. The van der Waals surface area contributed by atoms with Gasteiger partial charge in [0.15, 0.2) is 0 Å². The Balaban J connectivity index is 1.91. The molecule has 0 bridgehead atoms. The van der Waals surface area contributed by atoms with E-state index in [-0.39, 0.29) is 0 Å². The first kappa shape index (κ1) is 15.0. The number of anilines is 2. The number of nitrogens with one attached hydrogen (secondary N) is 1. The molecule has 1 fully saturated rings. The highest BCUT2D eigenvalue weighted by Gasteiger charge is 2.34. The lowest BCUT2D eigenvalue weighted by molar-refractivity contribution is 0.601. The van der Waals surface area contributed by atoms with Gasteiger partial charge in [-0.2, -0.15) is 13.7 Å². The van der Waals surface area contributed by atoms with E-state index >= 15 is 0 Å². The Kier molecular flexibility index (Phi) is 3.25. The van der Waals surface area contributed by atoms with Crippen LogP contribution in [0.4, 0.5) is 11.4 Å². The minimum atomic E-state index is -3.54. The Morgan fingerprint density at radius 2 is 2.21 bits per heavy atom. The second-order valence-corrected chi connectivity index (χ2v) is 7.96. The van der Waals surface area contributed by atoms with Crippen molar-refractivity contribution in [2.45, 2.75) is 19.3 Å². The predicted molar refractivity (Wildman–Crippen MR) is 91.8 cm³/mol. The molecule has 6 nitrogen and oxygen atoms in total. The second kappa shape index (κ2) is 5.21. The Hall–Kier alpha value is -2.59. The van der Waals surface area contributed by atoms with Crippen molar-refractivity contribution in [1.82, 2.24) is 4.98 Å². The second-order valence-electron chi connectivity index (χ2n) is 6.26. The Morgan fingerprint density at radius 1 is 1.42 bits per heavy atom. The van der Waals surface area contributed by atoms with Crippen molar-refractivity contribution in [3.8, 4) is 17.3 Å². The minimum absolute atomic E-state index is 0.478. The molecule has 1 aromatic carbocycles. The average Bonchev–Trinajstić information content (AvgIpc) is 3.35. The van der Waals surface area contributed by atoms with E-state index < -0.39 is 10.2 Å². The number of nitriles is 1. The van der Waals surface area contributed by atoms with Crippen molar-refractivity contribution in [2.75, 3.05) is 16.1 Å². The minimum Gasteiger partial charge on any atom is -0.264 e. The maximum atomic E-state index is 12.2. The number of aromatic nitrogens is 1. The highest BCUT2D eigenvalue weighted by molar-refractivity contribution is 7.94. The van der Waals surface area contributed by atoms with Gasteiger partial charge in [0.25, 0.3) is 0 Å². The molecule has 122 valence electrons. The normalized spacial score (nSPS) is 17.9.